The smallest absolute Gasteiger partial charge is 0.252 e. The third kappa shape index (κ3) is 6.93. The zero-order chi connectivity index (χ0) is 18.7. The molecular weight excluding hydrogens is 360 g/mol. The van der Waals surface area contributed by atoms with Gasteiger partial charge >= 0.3 is 0 Å². The van der Waals surface area contributed by atoms with Crippen LogP contribution >= 0.6 is 11.3 Å². The lowest BCUT2D eigenvalue weighted by atomic mass is 10.3. The van der Waals surface area contributed by atoms with Gasteiger partial charge in [0.25, 0.3) is 10.0 Å². The minimum absolute atomic E-state index is 0.408. The van der Waals surface area contributed by atoms with Crippen LogP contribution in [0.2, 0.25) is 0 Å². The molecule has 0 bridgehead atoms. The van der Waals surface area contributed by atoms with Crippen LogP contribution in [0.3, 0.4) is 0 Å². The average molecular weight is 391 g/mol. The Labute approximate surface area is 155 Å². The number of nitrogens with zero attached hydrogens (tertiary/aromatic N) is 2. The molecule has 0 saturated heterocycles. The third-order valence-corrected chi connectivity index (χ3v) is 7.23. The van der Waals surface area contributed by atoms with Crippen LogP contribution < -0.4 is 10.6 Å². The van der Waals surface area contributed by atoms with Gasteiger partial charge in [0.2, 0.25) is 0 Å². The van der Waals surface area contributed by atoms with Crippen molar-refractivity contribution in [2.45, 2.75) is 31.4 Å². The van der Waals surface area contributed by atoms with E-state index < -0.39 is 10.0 Å². The molecule has 0 radical (unpaired) electrons. The Morgan fingerprint density at radius 3 is 2.48 bits per heavy atom. The van der Waals surface area contributed by atoms with Crippen LogP contribution in [-0.2, 0) is 21.2 Å². The number of thiophene rings is 1. The van der Waals surface area contributed by atoms with Crippen molar-refractivity contribution in [1.29, 1.82) is 0 Å². The van der Waals surface area contributed by atoms with Gasteiger partial charge in [0.1, 0.15) is 4.21 Å². The van der Waals surface area contributed by atoms with Gasteiger partial charge in [-0.1, -0.05) is 13.8 Å². The van der Waals surface area contributed by atoms with Crippen molar-refractivity contribution in [2.24, 2.45) is 4.99 Å². The van der Waals surface area contributed by atoms with Gasteiger partial charge in [-0.25, -0.2) is 8.42 Å². The molecule has 144 valence electrons. The lowest BCUT2D eigenvalue weighted by Crippen LogP contribution is -2.39. The van der Waals surface area contributed by atoms with Crippen molar-refractivity contribution in [3.8, 4) is 0 Å². The Kier molecular flexibility index (Phi) is 10.0. The molecule has 0 spiro atoms. The van der Waals surface area contributed by atoms with E-state index in [1.807, 2.05) is 26.8 Å². The van der Waals surface area contributed by atoms with Crippen molar-refractivity contribution in [2.75, 3.05) is 46.4 Å². The number of hydrogen-bond donors (Lipinski definition) is 2. The molecule has 0 saturated carbocycles. The van der Waals surface area contributed by atoms with E-state index in [0.29, 0.717) is 49.6 Å². The first kappa shape index (κ1) is 21.9. The summed E-state index contributed by atoms with van der Waals surface area (Å²) in [6, 6.07) is 3.58. The number of hydrogen-bond acceptors (Lipinski definition) is 5. The zero-order valence-electron chi connectivity index (χ0n) is 15.5. The topological polar surface area (TPSA) is 83.0 Å². The quantitative estimate of drug-likeness (QED) is 0.340. The maximum atomic E-state index is 12.5. The maximum absolute atomic E-state index is 12.5. The summed E-state index contributed by atoms with van der Waals surface area (Å²) in [5, 5.41) is 6.38. The Bertz CT molecular complexity index is 625. The predicted molar refractivity (Wildman–Crippen MR) is 104 cm³/mol. The van der Waals surface area contributed by atoms with Crippen molar-refractivity contribution in [1.82, 2.24) is 14.9 Å². The van der Waals surface area contributed by atoms with Gasteiger partial charge in [-0.05, 0) is 25.5 Å². The number of nitrogens with one attached hydrogen (secondary N) is 2. The number of aliphatic imine (C=N–C) groups is 1. The molecular formula is C16H30N4O3S2. The maximum Gasteiger partial charge on any atom is 0.252 e. The number of ether oxygens (including phenoxy) is 1. The fourth-order valence-corrected chi connectivity index (χ4v) is 5.20. The summed E-state index contributed by atoms with van der Waals surface area (Å²) in [6.45, 7) is 9.34. The second-order valence-electron chi connectivity index (χ2n) is 5.18. The fraction of sp³-hybridized carbons (Fsp3) is 0.688. The summed E-state index contributed by atoms with van der Waals surface area (Å²) in [4.78, 5) is 5.18. The second-order valence-corrected chi connectivity index (χ2v) is 8.52. The Hall–Kier alpha value is -1.16. The molecule has 7 nitrogen and oxygen atoms in total. The molecule has 0 aliphatic rings. The van der Waals surface area contributed by atoms with E-state index in [-0.39, 0.29) is 0 Å². The number of guanidine groups is 1. The van der Waals surface area contributed by atoms with Gasteiger partial charge in [0.05, 0.1) is 6.61 Å². The molecule has 0 aliphatic carbocycles. The normalized spacial score (nSPS) is 12.6. The lowest BCUT2D eigenvalue weighted by Gasteiger charge is -2.16. The Balaban J connectivity index is 2.50. The highest BCUT2D eigenvalue weighted by molar-refractivity contribution is 7.91. The molecule has 1 rings (SSSR count). The summed E-state index contributed by atoms with van der Waals surface area (Å²) in [5.41, 5.74) is 0. The van der Waals surface area contributed by atoms with Crippen LogP contribution in [0, 0.1) is 0 Å². The molecule has 0 atom stereocenters. The average Bonchev–Trinajstić information content (AvgIpc) is 3.07. The highest BCUT2D eigenvalue weighted by Gasteiger charge is 2.23. The van der Waals surface area contributed by atoms with Crippen molar-refractivity contribution < 1.29 is 13.2 Å². The fourth-order valence-electron chi connectivity index (χ4n) is 2.23. The van der Waals surface area contributed by atoms with Gasteiger partial charge in [0, 0.05) is 44.7 Å². The number of sulfonamides is 1. The minimum atomic E-state index is -3.36. The molecule has 1 aromatic rings. The van der Waals surface area contributed by atoms with Crippen LogP contribution in [0.15, 0.2) is 21.3 Å². The first-order chi connectivity index (χ1) is 12.0. The minimum Gasteiger partial charge on any atom is -0.380 e. The van der Waals surface area contributed by atoms with Crippen molar-refractivity contribution in [3.05, 3.63) is 17.0 Å². The Morgan fingerprint density at radius 2 is 1.88 bits per heavy atom. The molecule has 2 N–H and O–H groups in total. The highest BCUT2D eigenvalue weighted by Crippen LogP contribution is 2.25. The van der Waals surface area contributed by atoms with E-state index in [4.69, 9.17) is 4.74 Å². The largest absolute Gasteiger partial charge is 0.380 e. The lowest BCUT2D eigenvalue weighted by molar-refractivity contribution is 0.152. The van der Waals surface area contributed by atoms with Crippen LogP contribution in [0.25, 0.3) is 0 Å². The Morgan fingerprint density at radius 1 is 1.20 bits per heavy atom. The summed E-state index contributed by atoms with van der Waals surface area (Å²) in [7, 11) is -1.64. The summed E-state index contributed by atoms with van der Waals surface area (Å²) >= 11 is 1.33. The van der Waals surface area contributed by atoms with E-state index in [9.17, 15) is 8.42 Å². The van der Waals surface area contributed by atoms with E-state index in [1.54, 1.807) is 13.1 Å². The molecule has 0 fully saturated rings. The molecule has 25 heavy (non-hydrogen) atoms. The van der Waals surface area contributed by atoms with Gasteiger partial charge in [-0.3, -0.25) is 4.99 Å². The molecule has 0 aromatic carbocycles. The van der Waals surface area contributed by atoms with Gasteiger partial charge in [-0.15, -0.1) is 11.3 Å². The molecule has 1 aromatic heterocycles. The summed E-state index contributed by atoms with van der Waals surface area (Å²) in [5.74, 6) is 0.715. The van der Waals surface area contributed by atoms with Crippen molar-refractivity contribution >= 4 is 27.3 Å². The highest BCUT2D eigenvalue weighted by atomic mass is 32.2. The monoisotopic (exact) mass is 390 g/mol. The molecule has 0 aliphatic heterocycles. The van der Waals surface area contributed by atoms with Gasteiger partial charge in [-0.2, -0.15) is 4.31 Å². The van der Waals surface area contributed by atoms with Crippen molar-refractivity contribution in [3.63, 3.8) is 0 Å². The summed E-state index contributed by atoms with van der Waals surface area (Å²) in [6.07, 6.45) is 0.741. The van der Waals surface area contributed by atoms with E-state index >= 15 is 0 Å². The summed E-state index contributed by atoms with van der Waals surface area (Å²) < 4.78 is 32.1. The third-order valence-electron chi connectivity index (χ3n) is 3.57. The van der Waals surface area contributed by atoms with E-state index in [1.165, 1.54) is 15.6 Å². The first-order valence-electron chi connectivity index (χ1n) is 8.60. The van der Waals surface area contributed by atoms with Crippen LogP contribution in [0.5, 0.6) is 0 Å². The second kappa shape index (κ2) is 11.5. The van der Waals surface area contributed by atoms with Crippen LogP contribution in [-0.4, -0.2) is 65.1 Å². The standard InChI is InChI=1S/C16H30N4O3S2/c1-5-20(6-2)25(21,22)15-9-8-14(24-15)10-11-18-16(17-4)19-12-13-23-7-3/h8-9H,5-7,10-13H2,1-4H3,(H2,17,18,19). The molecule has 1 heterocycles. The van der Waals surface area contributed by atoms with Gasteiger partial charge < -0.3 is 15.4 Å². The van der Waals surface area contributed by atoms with Crippen LogP contribution in [0.4, 0.5) is 0 Å². The number of rotatable bonds is 11. The predicted octanol–water partition coefficient (Wildman–Crippen LogP) is 1.52. The molecule has 0 amide bonds. The van der Waals surface area contributed by atoms with Gasteiger partial charge in [0.15, 0.2) is 5.96 Å². The SMILES string of the molecule is CCOCCNC(=NC)NCCc1ccc(S(=O)(=O)N(CC)CC)s1. The van der Waals surface area contributed by atoms with E-state index in [0.717, 1.165) is 11.3 Å². The van der Waals surface area contributed by atoms with Crippen LogP contribution in [0.1, 0.15) is 25.6 Å². The molecule has 0 unspecified atom stereocenters. The molecule has 9 heteroatoms. The zero-order valence-corrected chi connectivity index (χ0v) is 17.2. The first-order valence-corrected chi connectivity index (χ1v) is 10.9. The van der Waals surface area contributed by atoms with E-state index in [2.05, 4.69) is 15.6 Å².